The monoisotopic (exact) mass is 304 g/mol. The Labute approximate surface area is 118 Å². The predicted molar refractivity (Wildman–Crippen MR) is 68.7 cm³/mol. The van der Waals surface area contributed by atoms with Gasteiger partial charge in [0.25, 0.3) is 0 Å². The Hall–Kier alpha value is -1.69. The first-order valence-corrected chi connectivity index (χ1v) is 6.28. The molecule has 0 amide bonds. The molecular formula is C13H12ClF3N2O. The zero-order chi connectivity index (χ0) is 14.8. The van der Waals surface area contributed by atoms with Crippen LogP contribution in [0.4, 0.5) is 13.2 Å². The summed E-state index contributed by atoms with van der Waals surface area (Å²) < 4.78 is 41.5. The second kappa shape index (κ2) is 5.75. The second-order valence-corrected chi connectivity index (χ2v) is 4.93. The molecule has 2 aromatic rings. The zero-order valence-electron chi connectivity index (χ0n) is 10.6. The first kappa shape index (κ1) is 14.7. The maximum atomic E-state index is 12.0. The molecule has 0 saturated carbocycles. The second-order valence-electron chi connectivity index (χ2n) is 4.28. The fourth-order valence-corrected chi connectivity index (χ4v) is 1.77. The standard InChI is InChI=1S/C13H12ClF3N2O/c1-9(14)11-6-18-19(8-11)7-10-2-4-12(5-3-10)20-13(15,16)17/h2-6,8-9H,7H2,1H3. The SMILES string of the molecule is CC(Cl)c1cnn(Cc2ccc(OC(F)(F)F)cc2)c1. The topological polar surface area (TPSA) is 27.1 Å². The van der Waals surface area contributed by atoms with Crippen LogP contribution in [0.25, 0.3) is 0 Å². The third-order valence-corrected chi connectivity index (χ3v) is 2.87. The summed E-state index contributed by atoms with van der Waals surface area (Å²) in [6.07, 6.45) is -1.20. The van der Waals surface area contributed by atoms with Crippen LogP contribution in [-0.4, -0.2) is 16.1 Å². The van der Waals surface area contributed by atoms with E-state index in [9.17, 15) is 13.2 Å². The molecule has 0 radical (unpaired) electrons. The summed E-state index contributed by atoms with van der Waals surface area (Å²) in [5, 5.41) is 4.00. The van der Waals surface area contributed by atoms with Crippen molar-refractivity contribution >= 4 is 11.6 Å². The molecule has 0 aliphatic heterocycles. The molecule has 1 aromatic carbocycles. The number of halogens is 4. The van der Waals surface area contributed by atoms with Gasteiger partial charge in [0.15, 0.2) is 0 Å². The average molecular weight is 305 g/mol. The van der Waals surface area contributed by atoms with E-state index >= 15 is 0 Å². The Morgan fingerprint density at radius 3 is 2.45 bits per heavy atom. The smallest absolute Gasteiger partial charge is 0.406 e. The van der Waals surface area contributed by atoms with E-state index in [-0.39, 0.29) is 11.1 Å². The van der Waals surface area contributed by atoms with Crippen LogP contribution in [0.1, 0.15) is 23.4 Å². The van der Waals surface area contributed by atoms with Crippen LogP contribution >= 0.6 is 11.6 Å². The van der Waals surface area contributed by atoms with Crippen molar-refractivity contribution in [3.63, 3.8) is 0 Å². The van der Waals surface area contributed by atoms with Crippen molar-refractivity contribution in [1.82, 2.24) is 9.78 Å². The normalized spacial score (nSPS) is 13.2. The van der Waals surface area contributed by atoms with Gasteiger partial charge in [-0.1, -0.05) is 12.1 Å². The van der Waals surface area contributed by atoms with Crippen molar-refractivity contribution in [2.24, 2.45) is 0 Å². The maximum Gasteiger partial charge on any atom is 0.573 e. The van der Waals surface area contributed by atoms with Crippen LogP contribution in [0.15, 0.2) is 36.7 Å². The van der Waals surface area contributed by atoms with E-state index in [2.05, 4.69) is 9.84 Å². The lowest BCUT2D eigenvalue weighted by Gasteiger charge is -2.09. The maximum absolute atomic E-state index is 12.0. The number of ether oxygens (including phenoxy) is 1. The van der Waals surface area contributed by atoms with Crippen LogP contribution in [0.5, 0.6) is 5.75 Å². The van der Waals surface area contributed by atoms with Gasteiger partial charge in [-0.2, -0.15) is 5.10 Å². The van der Waals surface area contributed by atoms with Crippen molar-refractivity contribution in [3.05, 3.63) is 47.8 Å². The molecule has 1 aromatic heterocycles. The lowest BCUT2D eigenvalue weighted by atomic mass is 10.2. The first-order chi connectivity index (χ1) is 9.33. The highest BCUT2D eigenvalue weighted by Gasteiger charge is 2.30. The van der Waals surface area contributed by atoms with Gasteiger partial charge in [-0.3, -0.25) is 4.68 Å². The Morgan fingerprint density at radius 2 is 1.95 bits per heavy atom. The summed E-state index contributed by atoms with van der Waals surface area (Å²) in [6.45, 7) is 2.29. The van der Waals surface area contributed by atoms with Gasteiger partial charge in [-0.25, -0.2) is 0 Å². The highest BCUT2D eigenvalue weighted by Crippen LogP contribution is 2.23. The number of alkyl halides is 4. The summed E-state index contributed by atoms with van der Waals surface area (Å²) in [6, 6.07) is 5.67. The number of rotatable bonds is 4. The van der Waals surface area contributed by atoms with E-state index < -0.39 is 6.36 Å². The van der Waals surface area contributed by atoms with Crippen molar-refractivity contribution in [2.45, 2.75) is 25.2 Å². The molecular weight excluding hydrogens is 293 g/mol. The first-order valence-electron chi connectivity index (χ1n) is 5.84. The zero-order valence-corrected chi connectivity index (χ0v) is 11.3. The van der Waals surface area contributed by atoms with E-state index in [1.807, 2.05) is 6.92 Å². The lowest BCUT2D eigenvalue weighted by molar-refractivity contribution is -0.274. The fraction of sp³-hybridized carbons (Fsp3) is 0.308. The molecule has 20 heavy (non-hydrogen) atoms. The van der Waals surface area contributed by atoms with Crippen LogP contribution in [0.2, 0.25) is 0 Å². The van der Waals surface area contributed by atoms with E-state index in [0.29, 0.717) is 6.54 Å². The highest BCUT2D eigenvalue weighted by atomic mass is 35.5. The Kier molecular flexibility index (Phi) is 4.23. The van der Waals surface area contributed by atoms with Gasteiger partial charge in [-0.15, -0.1) is 24.8 Å². The van der Waals surface area contributed by atoms with Gasteiger partial charge in [0.05, 0.1) is 18.1 Å². The van der Waals surface area contributed by atoms with Gasteiger partial charge in [0.1, 0.15) is 5.75 Å². The highest BCUT2D eigenvalue weighted by molar-refractivity contribution is 6.20. The van der Waals surface area contributed by atoms with E-state index in [1.54, 1.807) is 29.2 Å². The number of aromatic nitrogens is 2. The van der Waals surface area contributed by atoms with E-state index in [4.69, 9.17) is 11.6 Å². The number of nitrogens with zero attached hydrogens (tertiary/aromatic N) is 2. The molecule has 0 spiro atoms. The minimum absolute atomic E-state index is 0.133. The molecule has 0 aliphatic rings. The molecule has 0 N–H and O–H groups in total. The summed E-state index contributed by atoms with van der Waals surface area (Å²) in [4.78, 5) is 0. The minimum Gasteiger partial charge on any atom is -0.406 e. The summed E-state index contributed by atoms with van der Waals surface area (Å²) in [5.41, 5.74) is 1.71. The van der Waals surface area contributed by atoms with Crippen molar-refractivity contribution < 1.29 is 17.9 Å². The molecule has 3 nitrogen and oxygen atoms in total. The number of benzene rings is 1. The van der Waals surface area contributed by atoms with E-state index in [0.717, 1.165) is 11.1 Å². The molecule has 0 fully saturated rings. The Morgan fingerprint density at radius 1 is 1.30 bits per heavy atom. The number of hydrogen-bond acceptors (Lipinski definition) is 2. The molecule has 1 unspecified atom stereocenters. The summed E-state index contributed by atoms with van der Waals surface area (Å²) >= 11 is 5.93. The summed E-state index contributed by atoms with van der Waals surface area (Å²) in [7, 11) is 0. The third-order valence-electron chi connectivity index (χ3n) is 2.61. The van der Waals surface area contributed by atoms with Gasteiger partial charge in [0, 0.05) is 11.8 Å². The van der Waals surface area contributed by atoms with Gasteiger partial charge >= 0.3 is 6.36 Å². The van der Waals surface area contributed by atoms with Gasteiger partial charge < -0.3 is 4.74 Å². The lowest BCUT2D eigenvalue weighted by Crippen LogP contribution is -2.17. The quantitative estimate of drug-likeness (QED) is 0.794. The van der Waals surface area contributed by atoms with Crippen LogP contribution < -0.4 is 4.74 Å². The predicted octanol–water partition coefficient (Wildman–Crippen LogP) is 4.13. The van der Waals surface area contributed by atoms with Crippen LogP contribution in [-0.2, 0) is 6.54 Å². The summed E-state index contributed by atoms with van der Waals surface area (Å²) in [5.74, 6) is -0.239. The minimum atomic E-state index is -4.67. The van der Waals surface area contributed by atoms with Gasteiger partial charge in [-0.05, 0) is 24.6 Å². The van der Waals surface area contributed by atoms with Crippen LogP contribution in [0.3, 0.4) is 0 Å². The Balaban J connectivity index is 2.03. The molecule has 1 heterocycles. The molecule has 2 rings (SSSR count). The van der Waals surface area contributed by atoms with Crippen molar-refractivity contribution in [2.75, 3.05) is 0 Å². The molecule has 0 aliphatic carbocycles. The number of hydrogen-bond donors (Lipinski definition) is 0. The average Bonchev–Trinajstić information content (AvgIpc) is 2.78. The Bertz CT molecular complexity index is 564. The molecule has 108 valence electrons. The largest absolute Gasteiger partial charge is 0.573 e. The van der Waals surface area contributed by atoms with Crippen molar-refractivity contribution in [1.29, 1.82) is 0 Å². The van der Waals surface area contributed by atoms with E-state index in [1.165, 1.54) is 12.1 Å². The van der Waals surface area contributed by atoms with Gasteiger partial charge in [0.2, 0.25) is 0 Å². The molecule has 0 saturated heterocycles. The fourth-order valence-electron chi connectivity index (χ4n) is 1.66. The van der Waals surface area contributed by atoms with Crippen LogP contribution in [0, 0.1) is 0 Å². The molecule has 1 atom stereocenters. The molecule has 7 heteroatoms. The van der Waals surface area contributed by atoms with Crippen molar-refractivity contribution in [3.8, 4) is 5.75 Å². The molecule has 0 bridgehead atoms. The third kappa shape index (κ3) is 4.16.